The summed E-state index contributed by atoms with van der Waals surface area (Å²) in [5.41, 5.74) is 1.71. The van der Waals surface area contributed by atoms with Crippen LogP contribution < -0.4 is 15.0 Å². The highest BCUT2D eigenvalue weighted by molar-refractivity contribution is 9.10. The highest BCUT2D eigenvalue weighted by atomic mass is 79.9. The minimum Gasteiger partial charge on any atom is -0.421 e. The molecule has 2 heterocycles. The van der Waals surface area contributed by atoms with Crippen LogP contribution in [0.5, 0.6) is 5.75 Å². The first kappa shape index (κ1) is 24.0. The maximum absolute atomic E-state index is 12.9. The molecule has 7 heteroatoms. The lowest BCUT2D eigenvalue weighted by molar-refractivity contribution is -0.133. The van der Waals surface area contributed by atoms with Crippen LogP contribution in [0.25, 0.3) is 0 Å². The van der Waals surface area contributed by atoms with E-state index in [0.29, 0.717) is 17.5 Å². The maximum atomic E-state index is 12.9. The molecule has 0 radical (unpaired) electrons. The van der Waals surface area contributed by atoms with Crippen LogP contribution in [-0.2, 0) is 16.6 Å². The molecular weight excluding hydrogens is 480 g/mol. The smallest absolute Gasteiger partial charge is 0.315 e. The van der Waals surface area contributed by atoms with E-state index in [2.05, 4.69) is 51.9 Å². The molecule has 33 heavy (non-hydrogen) atoms. The van der Waals surface area contributed by atoms with Gasteiger partial charge in [-0.25, -0.2) is 9.97 Å². The third-order valence-corrected chi connectivity index (χ3v) is 7.09. The topological polar surface area (TPSA) is 67.4 Å². The first-order valence-electron chi connectivity index (χ1n) is 12.0. The molecule has 0 saturated heterocycles. The average molecular weight is 515 g/mol. The largest absolute Gasteiger partial charge is 0.421 e. The van der Waals surface area contributed by atoms with Crippen LogP contribution in [0, 0.1) is 11.8 Å². The van der Waals surface area contributed by atoms with Gasteiger partial charge in [0.2, 0.25) is 0 Å². The number of carbonyl (C=O) groups is 1. The van der Waals surface area contributed by atoms with Crippen molar-refractivity contribution in [1.82, 2.24) is 9.97 Å². The van der Waals surface area contributed by atoms with Crippen molar-refractivity contribution < 1.29 is 9.53 Å². The summed E-state index contributed by atoms with van der Waals surface area (Å²) in [7, 11) is 2.01. The minimum absolute atomic E-state index is 0.132. The average Bonchev–Trinajstić information content (AvgIpc) is 3.66. The molecule has 1 N–H and O–H groups in total. The van der Waals surface area contributed by atoms with Crippen LogP contribution in [0.15, 0.2) is 29.0 Å². The van der Waals surface area contributed by atoms with Gasteiger partial charge in [-0.3, -0.25) is 4.79 Å². The molecule has 0 bridgehead atoms. The van der Waals surface area contributed by atoms with E-state index < -0.39 is 0 Å². The molecule has 2 saturated carbocycles. The van der Waals surface area contributed by atoms with E-state index in [9.17, 15) is 4.79 Å². The number of nitrogens with zero attached hydrogens (tertiary/aromatic N) is 3. The molecule has 2 aliphatic carbocycles. The monoisotopic (exact) mass is 514 g/mol. The van der Waals surface area contributed by atoms with Crippen molar-refractivity contribution in [3.63, 3.8) is 0 Å². The number of carbonyl (C=O) groups excluding carboxylic acids is 1. The second-order valence-corrected chi connectivity index (χ2v) is 11.4. The van der Waals surface area contributed by atoms with Gasteiger partial charge in [-0.2, -0.15) is 0 Å². The molecule has 2 fully saturated rings. The van der Waals surface area contributed by atoms with Crippen molar-refractivity contribution in [3.05, 3.63) is 40.1 Å². The number of hydrogen-bond donors (Lipinski definition) is 1. The summed E-state index contributed by atoms with van der Waals surface area (Å²) in [5, 5.41) is 3.36. The lowest BCUT2D eigenvalue weighted by Crippen LogP contribution is -2.24. The predicted molar refractivity (Wildman–Crippen MR) is 136 cm³/mol. The van der Waals surface area contributed by atoms with Crippen LogP contribution in [0.3, 0.4) is 0 Å². The zero-order valence-corrected chi connectivity index (χ0v) is 21.7. The molecule has 0 unspecified atom stereocenters. The Morgan fingerprint density at radius 1 is 1.15 bits per heavy atom. The molecule has 0 spiro atoms. The van der Waals surface area contributed by atoms with E-state index in [4.69, 9.17) is 9.72 Å². The summed E-state index contributed by atoms with van der Waals surface area (Å²) in [6.45, 7) is 8.24. The molecule has 2 aromatic rings. The number of nitrogens with one attached hydrogen (secondary N) is 1. The third-order valence-electron chi connectivity index (χ3n) is 6.30. The van der Waals surface area contributed by atoms with Crippen molar-refractivity contribution in [2.45, 2.75) is 64.7 Å². The fraction of sp³-hybridized carbons (Fsp3) is 0.577. The summed E-state index contributed by atoms with van der Waals surface area (Å²) in [5.74, 6) is 3.32. The zero-order chi connectivity index (χ0) is 23.6. The van der Waals surface area contributed by atoms with Crippen molar-refractivity contribution in [1.29, 1.82) is 0 Å². The summed E-state index contributed by atoms with van der Waals surface area (Å²) >= 11 is 3.72. The summed E-state index contributed by atoms with van der Waals surface area (Å²) in [6, 6.07) is 3.87. The molecule has 0 amide bonds. The Bertz CT molecular complexity index is 979. The van der Waals surface area contributed by atoms with E-state index in [-0.39, 0.29) is 17.8 Å². The van der Waals surface area contributed by atoms with E-state index in [1.807, 2.05) is 25.4 Å². The van der Waals surface area contributed by atoms with Gasteiger partial charge in [0.15, 0.2) is 11.6 Å². The molecule has 2 aliphatic rings. The fourth-order valence-electron chi connectivity index (χ4n) is 3.88. The van der Waals surface area contributed by atoms with Gasteiger partial charge >= 0.3 is 5.97 Å². The Hall–Kier alpha value is -2.15. The Morgan fingerprint density at radius 3 is 2.48 bits per heavy atom. The fourth-order valence-corrected chi connectivity index (χ4v) is 4.84. The van der Waals surface area contributed by atoms with E-state index in [1.54, 1.807) is 6.20 Å². The number of aromatic nitrogens is 2. The molecule has 0 aromatic carbocycles. The minimum atomic E-state index is -0.319. The van der Waals surface area contributed by atoms with Crippen molar-refractivity contribution >= 4 is 33.5 Å². The van der Waals surface area contributed by atoms with Crippen LogP contribution in [0.2, 0.25) is 0 Å². The molecule has 0 aliphatic heterocycles. The lowest BCUT2D eigenvalue weighted by atomic mass is 9.88. The third kappa shape index (κ3) is 6.69. The molecular formula is C26H35BrN4O2. The van der Waals surface area contributed by atoms with Crippen LogP contribution in [-0.4, -0.2) is 36.1 Å². The number of hydrogen-bond acceptors (Lipinski definition) is 6. The zero-order valence-electron chi connectivity index (χ0n) is 20.2. The first-order chi connectivity index (χ1) is 15.7. The summed E-state index contributed by atoms with van der Waals surface area (Å²) < 4.78 is 6.73. The van der Waals surface area contributed by atoms with E-state index in [1.165, 1.54) is 32.1 Å². The van der Waals surface area contributed by atoms with Crippen LogP contribution in [0.4, 0.5) is 11.6 Å². The maximum Gasteiger partial charge on any atom is 0.315 e. The lowest BCUT2D eigenvalue weighted by Gasteiger charge is -2.26. The molecule has 4 rings (SSSR count). The van der Waals surface area contributed by atoms with Crippen LogP contribution >= 0.6 is 15.9 Å². The number of ether oxygens (including phenoxy) is 1. The molecule has 0 atom stereocenters. The Labute approximate surface area is 205 Å². The Morgan fingerprint density at radius 2 is 1.88 bits per heavy atom. The number of anilines is 2. The number of halogens is 1. The van der Waals surface area contributed by atoms with Gasteiger partial charge in [0.05, 0.1) is 10.9 Å². The number of rotatable bonds is 10. The highest BCUT2D eigenvalue weighted by Gasteiger charge is 2.29. The second-order valence-electron chi connectivity index (χ2n) is 10.6. The molecule has 2 aromatic heterocycles. The summed E-state index contributed by atoms with van der Waals surface area (Å²) in [6.07, 6.45) is 10.2. The Balaban J connectivity index is 1.44. The summed E-state index contributed by atoms with van der Waals surface area (Å²) in [4.78, 5) is 24.2. The van der Waals surface area contributed by atoms with Crippen molar-refractivity contribution in [2.24, 2.45) is 11.8 Å². The van der Waals surface area contributed by atoms with Crippen LogP contribution in [0.1, 0.15) is 64.0 Å². The van der Waals surface area contributed by atoms with Gasteiger partial charge in [0, 0.05) is 32.5 Å². The van der Waals surface area contributed by atoms with E-state index in [0.717, 1.165) is 40.4 Å². The molecule has 178 valence electrons. The predicted octanol–water partition coefficient (Wildman–Crippen LogP) is 5.74. The SMILES string of the molecule is CN(CC1CC1)c1ncc(C(C)(C)C)c(Br)c1OC(=O)Cc1ccc(NCCC2CC2)nc1. The van der Waals surface area contributed by atoms with Gasteiger partial charge in [-0.15, -0.1) is 0 Å². The van der Waals surface area contributed by atoms with Crippen molar-refractivity contribution in [2.75, 3.05) is 30.4 Å². The normalized spacial score (nSPS) is 15.9. The first-order valence-corrected chi connectivity index (χ1v) is 12.8. The van der Waals surface area contributed by atoms with Gasteiger partial charge in [-0.1, -0.05) is 39.7 Å². The highest BCUT2D eigenvalue weighted by Crippen LogP contribution is 2.42. The van der Waals surface area contributed by atoms with Gasteiger partial charge in [0.1, 0.15) is 5.82 Å². The number of pyridine rings is 2. The Kier molecular flexibility index (Phi) is 7.27. The van der Waals surface area contributed by atoms with Gasteiger partial charge < -0.3 is 15.0 Å². The van der Waals surface area contributed by atoms with Crippen molar-refractivity contribution in [3.8, 4) is 5.75 Å². The standard InChI is InChI=1S/C26H35BrN4O2/c1-26(2,3)20-15-30-25(31(4)16-18-7-8-18)24(23(20)27)33-22(32)13-19-9-10-21(29-14-19)28-12-11-17-5-6-17/h9-10,14-15,17-18H,5-8,11-13,16H2,1-4H3,(H,28,29). The van der Waals surface area contributed by atoms with Gasteiger partial charge in [-0.05, 0) is 69.6 Å². The number of esters is 1. The second kappa shape index (κ2) is 10.00. The quantitative estimate of drug-likeness (QED) is 0.407. The van der Waals surface area contributed by atoms with Gasteiger partial charge in [0.25, 0.3) is 0 Å². The molecule has 6 nitrogen and oxygen atoms in total. The van der Waals surface area contributed by atoms with E-state index >= 15 is 0 Å².